The molecular formula is C25H26N4O2. The fourth-order valence-corrected chi connectivity index (χ4v) is 4.49. The second-order valence-electron chi connectivity index (χ2n) is 8.17. The van der Waals surface area contributed by atoms with Crippen molar-refractivity contribution >= 4 is 16.7 Å². The molecule has 2 aromatic heterocycles. The van der Waals surface area contributed by atoms with Crippen LogP contribution >= 0.6 is 0 Å². The van der Waals surface area contributed by atoms with E-state index in [9.17, 15) is 4.79 Å². The van der Waals surface area contributed by atoms with Crippen molar-refractivity contribution in [3.8, 4) is 0 Å². The molecular weight excluding hydrogens is 388 g/mol. The fourth-order valence-electron chi connectivity index (χ4n) is 4.49. The number of hydrogen-bond donors (Lipinski definition) is 1. The Hall–Kier alpha value is -3.22. The molecule has 0 amide bonds. The summed E-state index contributed by atoms with van der Waals surface area (Å²) in [6.07, 6.45) is 1.85. The third-order valence-electron chi connectivity index (χ3n) is 6.05. The first kappa shape index (κ1) is 19.7. The van der Waals surface area contributed by atoms with Crippen LogP contribution in [0.25, 0.3) is 10.9 Å². The molecule has 6 heteroatoms. The lowest BCUT2D eigenvalue weighted by atomic mass is 9.95. The van der Waals surface area contributed by atoms with E-state index in [0.29, 0.717) is 0 Å². The molecule has 1 saturated heterocycles. The van der Waals surface area contributed by atoms with Crippen molar-refractivity contribution in [1.29, 1.82) is 0 Å². The van der Waals surface area contributed by atoms with Crippen LogP contribution in [-0.4, -0.2) is 51.9 Å². The first-order valence-corrected chi connectivity index (χ1v) is 10.7. The number of rotatable bonds is 6. The zero-order chi connectivity index (χ0) is 21.2. The quantitative estimate of drug-likeness (QED) is 0.479. The SMILES string of the molecule is Cc1cc(CN2CCN([C@@H](C(=O)c3c[nH]c4ccccc34)c3ccccc3)CC2)no1. The van der Waals surface area contributed by atoms with Crippen molar-refractivity contribution in [3.05, 3.63) is 89.4 Å². The van der Waals surface area contributed by atoms with E-state index in [-0.39, 0.29) is 11.8 Å². The smallest absolute Gasteiger partial charge is 0.186 e. The predicted molar refractivity (Wildman–Crippen MR) is 120 cm³/mol. The molecule has 1 aliphatic rings. The summed E-state index contributed by atoms with van der Waals surface area (Å²) in [4.78, 5) is 21.7. The summed E-state index contributed by atoms with van der Waals surface area (Å²) in [7, 11) is 0. The van der Waals surface area contributed by atoms with E-state index in [1.165, 1.54) is 0 Å². The summed E-state index contributed by atoms with van der Waals surface area (Å²) in [5, 5.41) is 5.09. The Kier molecular flexibility index (Phi) is 5.40. The Bertz CT molecular complexity index is 1170. The molecule has 0 radical (unpaired) electrons. The molecule has 0 unspecified atom stereocenters. The highest BCUT2D eigenvalue weighted by atomic mass is 16.5. The van der Waals surface area contributed by atoms with Crippen molar-refractivity contribution < 1.29 is 9.32 Å². The van der Waals surface area contributed by atoms with Crippen molar-refractivity contribution in [1.82, 2.24) is 19.9 Å². The van der Waals surface area contributed by atoms with E-state index >= 15 is 0 Å². The number of carbonyl (C=O) groups is 1. The third kappa shape index (κ3) is 4.04. The highest BCUT2D eigenvalue weighted by molar-refractivity contribution is 6.10. The van der Waals surface area contributed by atoms with E-state index in [1.54, 1.807) is 0 Å². The Labute approximate surface area is 181 Å². The lowest BCUT2D eigenvalue weighted by Gasteiger charge is -2.38. The van der Waals surface area contributed by atoms with E-state index < -0.39 is 0 Å². The normalized spacial score (nSPS) is 16.5. The summed E-state index contributed by atoms with van der Waals surface area (Å²) in [6, 6.07) is 19.8. The van der Waals surface area contributed by atoms with Crippen LogP contribution in [0.1, 0.15) is 33.4 Å². The van der Waals surface area contributed by atoms with E-state index in [2.05, 4.69) is 32.1 Å². The summed E-state index contributed by atoms with van der Waals surface area (Å²) < 4.78 is 5.20. The van der Waals surface area contributed by atoms with Gasteiger partial charge in [0.2, 0.25) is 0 Å². The highest BCUT2D eigenvalue weighted by Gasteiger charge is 2.32. The molecule has 0 saturated carbocycles. The summed E-state index contributed by atoms with van der Waals surface area (Å²) in [5.41, 5.74) is 3.74. The summed E-state index contributed by atoms with van der Waals surface area (Å²) in [5.74, 6) is 0.978. The van der Waals surface area contributed by atoms with Gasteiger partial charge in [-0.2, -0.15) is 0 Å². The van der Waals surface area contributed by atoms with Gasteiger partial charge in [-0.3, -0.25) is 14.6 Å². The van der Waals surface area contributed by atoms with Gasteiger partial charge < -0.3 is 9.51 Å². The van der Waals surface area contributed by atoms with Crippen LogP contribution in [0.3, 0.4) is 0 Å². The second-order valence-corrected chi connectivity index (χ2v) is 8.17. The van der Waals surface area contributed by atoms with Gasteiger partial charge in [-0.15, -0.1) is 0 Å². The van der Waals surface area contributed by atoms with E-state index in [4.69, 9.17) is 4.52 Å². The number of nitrogens with zero attached hydrogens (tertiary/aromatic N) is 3. The number of aromatic nitrogens is 2. The average molecular weight is 415 g/mol. The number of fused-ring (bicyclic) bond motifs is 1. The van der Waals surface area contributed by atoms with Crippen molar-refractivity contribution in [2.45, 2.75) is 19.5 Å². The largest absolute Gasteiger partial charge is 0.361 e. The number of aromatic amines is 1. The van der Waals surface area contributed by atoms with Crippen LogP contribution in [0, 0.1) is 6.92 Å². The van der Waals surface area contributed by atoms with E-state index in [1.807, 2.05) is 61.7 Å². The molecule has 5 rings (SSSR count). The number of benzene rings is 2. The zero-order valence-electron chi connectivity index (χ0n) is 17.6. The molecule has 1 aliphatic heterocycles. The van der Waals surface area contributed by atoms with Crippen molar-refractivity contribution in [2.75, 3.05) is 26.2 Å². The van der Waals surface area contributed by atoms with Crippen LogP contribution in [0.15, 0.2) is 71.4 Å². The minimum Gasteiger partial charge on any atom is -0.361 e. The molecule has 2 aromatic carbocycles. The Morgan fingerprint density at radius 2 is 1.81 bits per heavy atom. The monoisotopic (exact) mass is 414 g/mol. The van der Waals surface area contributed by atoms with Crippen LogP contribution in [-0.2, 0) is 6.54 Å². The minimum atomic E-state index is -0.295. The van der Waals surface area contributed by atoms with Gasteiger partial charge in [-0.05, 0) is 18.6 Å². The maximum Gasteiger partial charge on any atom is 0.186 e. The number of aryl methyl sites for hydroxylation is 1. The molecule has 0 spiro atoms. The third-order valence-corrected chi connectivity index (χ3v) is 6.05. The number of hydrogen-bond acceptors (Lipinski definition) is 5. The number of H-pyrrole nitrogens is 1. The number of nitrogens with one attached hydrogen (secondary N) is 1. The van der Waals surface area contributed by atoms with Gasteiger partial charge in [0.25, 0.3) is 0 Å². The maximum atomic E-state index is 13.8. The lowest BCUT2D eigenvalue weighted by molar-refractivity contribution is 0.0647. The number of carbonyl (C=O) groups excluding carboxylic acids is 1. The molecule has 1 N–H and O–H groups in total. The second kappa shape index (κ2) is 8.49. The summed E-state index contributed by atoms with van der Waals surface area (Å²) in [6.45, 7) is 6.11. The van der Waals surface area contributed by atoms with Crippen LogP contribution in [0.2, 0.25) is 0 Å². The number of Topliss-reactive ketones (excluding diaryl/α,β-unsaturated/α-hetero) is 1. The molecule has 4 aromatic rings. The van der Waals surface area contributed by atoms with Crippen LogP contribution in [0.5, 0.6) is 0 Å². The number of ketones is 1. The Morgan fingerprint density at radius 1 is 1.06 bits per heavy atom. The van der Waals surface area contributed by atoms with Crippen molar-refractivity contribution in [2.24, 2.45) is 0 Å². The highest BCUT2D eigenvalue weighted by Crippen LogP contribution is 2.30. The molecule has 6 nitrogen and oxygen atoms in total. The van der Waals surface area contributed by atoms with Gasteiger partial charge in [0, 0.05) is 61.5 Å². The number of piperazine rings is 1. The molecule has 31 heavy (non-hydrogen) atoms. The Morgan fingerprint density at radius 3 is 2.55 bits per heavy atom. The Balaban J connectivity index is 1.38. The summed E-state index contributed by atoms with van der Waals surface area (Å²) >= 11 is 0. The molecule has 158 valence electrons. The minimum absolute atomic E-state index is 0.143. The lowest BCUT2D eigenvalue weighted by Crippen LogP contribution is -2.48. The molecule has 0 bridgehead atoms. The predicted octanol–water partition coefficient (Wildman–Crippen LogP) is 4.21. The first-order valence-electron chi connectivity index (χ1n) is 10.7. The molecule has 3 heterocycles. The first-order chi connectivity index (χ1) is 15.2. The standard InChI is InChI=1S/C25H26N4O2/c1-18-15-20(27-31-18)17-28-11-13-29(14-12-28)24(19-7-3-2-4-8-19)25(30)22-16-26-23-10-6-5-9-21(22)23/h2-10,15-16,24,26H,11-14,17H2,1H3/t24-/m1/s1. The molecule has 1 atom stereocenters. The van der Waals surface area contributed by atoms with Crippen molar-refractivity contribution in [3.63, 3.8) is 0 Å². The van der Waals surface area contributed by atoms with Gasteiger partial charge in [-0.1, -0.05) is 53.7 Å². The topological polar surface area (TPSA) is 65.4 Å². The van der Waals surface area contributed by atoms with E-state index in [0.717, 1.165) is 66.2 Å². The van der Waals surface area contributed by atoms with Gasteiger partial charge in [0.1, 0.15) is 5.76 Å². The zero-order valence-corrected chi connectivity index (χ0v) is 17.6. The van der Waals surface area contributed by atoms with Gasteiger partial charge in [0.15, 0.2) is 5.78 Å². The average Bonchev–Trinajstić information content (AvgIpc) is 3.42. The molecule has 0 aliphatic carbocycles. The maximum absolute atomic E-state index is 13.8. The van der Waals surface area contributed by atoms with Gasteiger partial charge >= 0.3 is 0 Å². The van der Waals surface area contributed by atoms with Crippen LogP contribution < -0.4 is 0 Å². The number of para-hydroxylation sites is 1. The molecule has 1 fully saturated rings. The van der Waals surface area contributed by atoms with Crippen LogP contribution in [0.4, 0.5) is 0 Å². The fraction of sp³-hybridized carbons (Fsp3) is 0.280. The van der Waals surface area contributed by atoms with Gasteiger partial charge in [-0.25, -0.2) is 0 Å². The van der Waals surface area contributed by atoms with Gasteiger partial charge in [0.05, 0.1) is 11.7 Å².